The first-order chi connectivity index (χ1) is 26.8. The average molecular weight is 891 g/mol. The van der Waals surface area contributed by atoms with Crippen molar-refractivity contribution in [1.82, 2.24) is 9.34 Å². The Hall–Kier alpha value is -4.86. The summed E-state index contributed by atoms with van der Waals surface area (Å²) in [7, 11) is -3.03. The van der Waals surface area contributed by atoms with Gasteiger partial charge in [0.25, 0.3) is 11.5 Å². The van der Waals surface area contributed by atoms with E-state index in [0.717, 1.165) is 0 Å². The summed E-state index contributed by atoms with van der Waals surface area (Å²) < 4.78 is 65.4. The molecule has 0 saturated carbocycles. The number of hydrogen-bond acceptors (Lipinski definition) is 20. The highest BCUT2D eigenvalue weighted by Crippen LogP contribution is 2.53. The Kier molecular flexibility index (Phi) is 22.3. The molecule has 336 valence electrons. The highest BCUT2D eigenvalue weighted by atomic mass is 31.2. The fourth-order valence-corrected chi connectivity index (χ4v) is 6.12. The van der Waals surface area contributed by atoms with Crippen molar-refractivity contribution < 1.29 is 105 Å². The molecule has 2 aliphatic rings. The van der Waals surface area contributed by atoms with Gasteiger partial charge in [0.1, 0.15) is 24.8 Å². The van der Waals surface area contributed by atoms with Gasteiger partial charge in [-0.3, -0.25) is 29.0 Å². The molecule has 24 nitrogen and oxygen atoms in total. The molecular formula is C33H52N2O22P2. The average Bonchev–Trinajstić information content (AvgIpc) is 3.56. The second-order valence-corrected chi connectivity index (χ2v) is 16.4. The molecule has 2 heterocycles. The van der Waals surface area contributed by atoms with Crippen molar-refractivity contribution in [2.45, 2.75) is 98.1 Å². The predicted octanol–water partition coefficient (Wildman–Crippen LogP) is 1.82. The molecule has 0 bridgehead atoms. The number of aliphatic hydroxyl groups is 2. The maximum atomic E-state index is 13.0. The van der Waals surface area contributed by atoms with E-state index in [4.69, 9.17) is 42.7 Å². The standard InChI is InChI=1S/C18H29N2O10P.C14H19O12P.CH4/c1-7-13(22)28-12(10-27-14(23)9-8-11(2)21)16-15(24)17(18(25)29-16)30-31(26,19(3)4)20(5)6;1-3-9(16)24-8(6-23-10(17)5-4-7(2)15)12-11(18)13(14(19)25-12)26-27(20,21)22;/h12,16,24H,7-10H2,1-6H3;8,12,18H,3-6H2,1-2H3,(H2,20,21,22);1H4. The minimum Gasteiger partial charge on any atom is -0.505 e. The first-order valence-electron chi connectivity index (χ1n) is 17.1. The number of hydrogen-bond donors (Lipinski definition) is 4. The molecule has 4 atom stereocenters. The normalized spacial score (nSPS) is 17.4. The van der Waals surface area contributed by atoms with Crippen LogP contribution in [0.15, 0.2) is 23.0 Å². The van der Waals surface area contributed by atoms with E-state index in [1.165, 1.54) is 65.2 Å². The molecule has 2 aliphatic heterocycles. The molecule has 0 aromatic heterocycles. The number of Topliss-reactive ketones (excluding diaryl/α,β-unsaturated/α-hetero) is 2. The molecule has 2 rings (SSSR count). The zero-order valence-corrected chi connectivity index (χ0v) is 34.7. The minimum atomic E-state index is -5.17. The monoisotopic (exact) mass is 890 g/mol. The summed E-state index contributed by atoms with van der Waals surface area (Å²) in [6, 6.07) is 0. The third-order valence-electron chi connectivity index (χ3n) is 7.27. The summed E-state index contributed by atoms with van der Waals surface area (Å²) in [6.45, 7) is 4.39. The smallest absolute Gasteiger partial charge is 0.505 e. The van der Waals surface area contributed by atoms with Crippen molar-refractivity contribution in [2.75, 3.05) is 41.4 Å². The van der Waals surface area contributed by atoms with Crippen molar-refractivity contribution >= 4 is 62.9 Å². The Morgan fingerprint density at radius 3 is 1.27 bits per heavy atom. The van der Waals surface area contributed by atoms with Gasteiger partial charge in [-0.2, -0.15) is 0 Å². The van der Waals surface area contributed by atoms with Crippen molar-refractivity contribution in [3.63, 3.8) is 0 Å². The van der Waals surface area contributed by atoms with E-state index in [0.29, 0.717) is 0 Å². The third kappa shape index (κ3) is 17.5. The molecule has 0 radical (unpaired) electrons. The number of carbonyl (C=O) groups is 8. The molecule has 4 N–H and O–H groups in total. The molecule has 59 heavy (non-hydrogen) atoms. The molecule has 0 aromatic carbocycles. The largest absolute Gasteiger partial charge is 0.525 e. The molecule has 0 fully saturated rings. The fraction of sp³-hybridized carbons (Fsp3) is 0.636. The number of phosphoric acid groups is 1. The lowest BCUT2D eigenvalue weighted by atomic mass is 10.1. The number of aliphatic hydroxyl groups excluding tert-OH is 2. The van der Waals surface area contributed by atoms with Gasteiger partial charge in [0, 0.05) is 25.7 Å². The number of rotatable bonds is 22. The quantitative estimate of drug-likeness (QED) is 0.0684. The van der Waals surface area contributed by atoms with E-state index >= 15 is 0 Å². The number of esters is 6. The van der Waals surface area contributed by atoms with Gasteiger partial charge < -0.3 is 57.3 Å². The van der Waals surface area contributed by atoms with Crippen LogP contribution < -0.4 is 0 Å². The van der Waals surface area contributed by atoms with Crippen LogP contribution in [0.3, 0.4) is 0 Å². The van der Waals surface area contributed by atoms with Gasteiger partial charge >= 0.3 is 51.3 Å². The van der Waals surface area contributed by atoms with Crippen molar-refractivity contribution in [3.8, 4) is 0 Å². The van der Waals surface area contributed by atoms with Crippen LogP contribution in [-0.2, 0) is 85.0 Å². The summed E-state index contributed by atoms with van der Waals surface area (Å²) in [4.78, 5) is 110. The van der Waals surface area contributed by atoms with E-state index in [-0.39, 0.29) is 57.5 Å². The fourth-order valence-electron chi connectivity index (χ4n) is 4.27. The van der Waals surface area contributed by atoms with Gasteiger partial charge in [0.15, 0.2) is 23.7 Å². The van der Waals surface area contributed by atoms with Gasteiger partial charge in [-0.25, -0.2) is 28.1 Å². The first-order valence-corrected chi connectivity index (χ1v) is 20.2. The first kappa shape index (κ1) is 54.1. The zero-order valence-electron chi connectivity index (χ0n) is 32.9. The lowest BCUT2D eigenvalue weighted by Gasteiger charge is -2.29. The number of phosphoric ester groups is 1. The van der Waals surface area contributed by atoms with E-state index in [1.807, 2.05) is 0 Å². The van der Waals surface area contributed by atoms with Crippen molar-refractivity contribution in [1.29, 1.82) is 0 Å². The molecule has 0 aromatic rings. The van der Waals surface area contributed by atoms with Crippen LogP contribution in [0, 0.1) is 0 Å². The summed E-state index contributed by atoms with van der Waals surface area (Å²) in [5, 5.41) is 20.5. The Labute approximate surface area is 339 Å². The number of nitrogens with zero attached hydrogens (tertiary/aromatic N) is 2. The Bertz CT molecular complexity index is 1720. The lowest BCUT2D eigenvalue weighted by molar-refractivity contribution is -0.170. The summed E-state index contributed by atoms with van der Waals surface area (Å²) in [6.07, 6.45) is -6.73. The zero-order chi connectivity index (χ0) is 44.7. The molecule has 4 unspecified atom stereocenters. The number of ether oxygens (including phenoxy) is 6. The Balaban J connectivity index is 0.00000113. The second kappa shape index (κ2) is 24.3. The van der Waals surface area contributed by atoms with Crippen molar-refractivity contribution in [2.24, 2.45) is 0 Å². The van der Waals surface area contributed by atoms with Crippen LogP contribution in [-0.4, -0.2) is 143 Å². The van der Waals surface area contributed by atoms with Crippen LogP contribution >= 0.6 is 15.5 Å². The topological polar surface area (TPSA) is 332 Å². The van der Waals surface area contributed by atoms with Crippen molar-refractivity contribution in [3.05, 3.63) is 23.0 Å². The highest BCUT2D eigenvalue weighted by Gasteiger charge is 2.48. The third-order valence-corrected chi connectivity index (χ3v) is 10.1. The van der Waals surface area contributed by atoms with Crippen LogP contribution in [0.25, 0.3) is 0 Å². The summed E-state index contributed by atoms with van der Waals surface area (Å²) >= 11 is 0. The lowest BCUT2D eigenvalue weighted by Crippen LogP contribution is -2.38. The molecule has 0 amide bonds. The van der Waals surface area contributed by atoms with E-state index in [9.17, 15) is 57.7 Å². The van der Waals surface area contributed by atoms with Gasteiger partial charge in [-0.05, 0) is 42.0 Å². The summed E-state index contributed by atoms with van der Waals surface area (Å²) in [5.74, 6) is -9.61. The SMILES string of the molecule is C.CCC(=O)OC(COC(=O)CCC(C)=O)C1OC(=O)C(OP(=O)(N(C)C)N(C)C)=C1O.CCC(=O)OC(COC(=O)CCC(C)=O)C1OC(=O)C(OP(=O)(O)O)=C1O. The minimum absolute atomic E-state index is 0. The van der Waals surface area contributed by atoms with Crippen LogP contribution in [0.4, 0.5) is 0 Å². The van der Waals surface area contributed by atoms with Gasteiger partial charge in [0.05, 0.1) is 12.8 Å². The van der Waals surface area contributed by atoms with E-state index < -0.39 is 112 Å². The summed E-state index contributed by atoms with van der Waals surface area (Å²) in [5.41, 5.74) is 0. The molecular weight excluding hydrogens is 838 g/mol. The Morgan fingerprint density at radius 1 is 0.644 bits per heavy atom. The van der Waals surface area contributed by atoms with Gasteiger partial charge in [-0.15, -0.1) is 0 Å². The number of ketones is 2. The number of carbonyl (C=O) groups excluding carboxylic acids is 8. The molecule has 0 saturated heterocycles. The predicted molar refractivity (Wildman–Crippen MR) is 197 cm³/mol. The molecule has 0 aliphatic carbocycles. The van der Waals surface area contributed by atoms with Gasteiger partial charge in [-0.1, -0.05) is 21.3 Å². The molecule has 0 spiro atoms. The van der Waals surface area contributed by atoms with E-state index in [1.54, 1.807) is 0 Å². The highest BCUT2D eigenvalue weighted by molar-refractivity contribution is 7.54. The van der Waals surface area contributed by atoms with Crippen LogP contribution in [0.2, 0.25) is 0 Å². The Morgan fingerprint density at radius 2 is 0.983 bits per heavy atom. The number of cyclic esters (lactones) is 2. The van der Waals surface area contributed by atoms with Crippen LogP contribution in [0.5, 0.6) is 0 Å². The second-order valence-electron chi connectivity index (χ2n) is 12.5. The maximum absolute atomic E-state index is 13.0. The maximum Gasteiger partial charge on any atom is 0.525 e. The van der Waals surface area contributed by atoms with E-state index in [2.05, 4.69) is 4.52 Å². The van der Waals surface area contributed by atoms with Crippen LogP contribution in [0.1, 0.15) is 73.6 Å². The molecule has 26 heteroatoms. The van der Waals surface area contributed by atoms with Gasteiger partial charge in [0.2, 0.25) is 12.2 Å².